The topological polar surface area (TPSA) is 83.5 Å². The molecule has 1 rings (SSSR count). The van der Waals surface area contributed by atoms with Gasteiger partial charge in [-0.1, -0.05) is 6.58 Å². The summed E-state index contributed by atoms with van der Waals surface area (Å²) in [5.74, 6) is -0.807. The van der Waals surface area contributed by atoms with E-state index in [1.165, 1.54) is 0 Å². The summed E-state index contributed by atoms with van der Waals surface area (Å²) in [6.45, 7) is 3.00. The van der Waals surface area contributed by atoms with Crippen LogP contribution in [0.15, 0.2) is 23.0 Å². The molecule has 0 aliphatic carbocycles. The first kappa shape index (κ1) is 13.3. The van der Waals surface area contributed by atoms with E-state index in [1.54, 1.807) is 0 Å². The molecule has 8 heteroatoms. The first-order chi connectivity index (χ1) is 6.26. The van der Waals surface area contributed by atoms with Crippen LogP contribution in [0.5, 0.6) is 0 Å². The number of nitrogens with one attached hydrogen (secondary N) is 1. The zero-order chi connectivity index (χ0) is 11.4. The van der Waals surface area contributed by atoms with Crippen molar-refractivity contribution in [2.24, 2.45) is 0 Å². The molecule has 0 bridgehead atoms. The van der Waals surface area contributed by atoms with Crippen LogP contribution in [0.1, 0.15) is 0 Å². The predicted molar refractivity (Wildman–Crippen MR) is 58.6 cm³/mol. The van der Waals surface area contributed by atoms with Crippen LogP contribution in [0, 0.1) is 0 Å². The van der Waals surface area contributed by atoms with E-state index in [0.717, 1.165) is 11.5 Å². The number of carbonyl (C=O) groups excluding carboxylic acids is 2. The Kier molecular flexibility index (Phi) is 4.99. The van der Waals surface area contributed by atoms with E-state index in [2.05, 4.69) is 30.4 Å². The molecule has 14 heavy (non-hydrogen) atoms. The second-order valence-electron chi connectivity index (χ2n) is 2.03. The summed E-state index contributed by atoms with van der Waals surface area (Å²) in [4.78, 5) is 20.7. The summed E-state index contributed by atoms with van der Waals surface area (Å²) in [7, 11) is -3.06. The van der Waals surface area contributed by atoms with Crippen LogP contribution >= 0.6 is 12.6 Å². The fourth-order valence-electron chi connectivity index (χ4n) is 0.402. The van der Waals surface area contributed by atoms with Gasteiger partial charge in [0.2, 0.25) is 0 Å². The maximum atomic E-state index is 10.3. The highest BCUT2D eigenvalue weighted by atomic mass is 32.8. The van der Waals surface area contributed by atoms with Gasteiger partial charge in [-0.3, -0.25) is 14.9 Å². The minimum Gasteiger partial charge on any atom is -0.302 e. The van der Waals surface area contributed by atoms with Gasteiger partial charge in [0.25, 0.3) is 11.8 Å². The second kappa shape index (κ2) is 5.25. The van der Waals surface area contributed by atoms with E-state index in [1.807, 2.05) is 5.32 Å². The van der Waals surface area contributed by atoms with Crippen molar-refractivity contribution in [2.45, 2.75) is 0 Å². The fraction of sp³-hybridized carbons (Fsp3) is 0. The molecule has 0 saturated heterocycles. The average molecular weight is 253 g/mol. The summed E-state index contributed by atoms with van der Waals surface area (Å²) in [5, 5.41) is 2.86. The predicted octanol–water partition coefficient (Wildman–Crippen LogP) is -0.194. The molecule has 1 heterocycles. The standard InChI is InChI=1S/C4H3NO2S.C2H4O2S2/c6-3-1-2(8)4(7)5-3;1-2-6(3,4)5/h1H,(H2,5,6,7,8);2H,1H2,(H,3,4,5). The van der Waals surface area contributed by atoms with Crippen molar-refractivity contribution in [1.82, 2.24) is 5.32 Å². The van der Waals surface area contributed by atoms with Crippen molar-refractivity contribution in [2.75, 3.05) is 0 Å². The van der Waals surface area contributed by atoms with Crippen molar-refractivity contribution < 1.29 is 18.4 Å². The quantitative estimate of drug-likeness (QED) is 0.445. The summed E-state index contributed by atoms with van der Waals surface area (Å²) < 4.78 is 17.9. The van der Waals surface area contributed by atoms with Gasteiger partial charge in [-0.15, -0.1) is 12.6 Å². The zero-order valence-corrected chi connectivity index (χ0v) is 9.32. The molecule has 5 nitrogen and oxygen atoms in total. The molecule has 0 spiro atoms. The Bertz CT molecular complexity index is 384. The molecule has 0 saturated carbocycles. The summed E-state index contributed by atoms with van der Waals surface area (Å²) in [6.07, 6.45) is 1.14. The van der Waals surface area contributed by atoms with E-state index >= 15 is 0 Å². The summed E-state index contributed by atoms with van der Waals surface area (Å²) in [5.41, 5.74) is 0. The van der Waals surface area contributed by atoms with Gasteiger partial charge in [0.1, 0.15) is 0 Å². The number of rotatable bonds is 1. The lowest BCUT2D eigenvalue weighted by molar-refractivity contribution is -0.123. The van der Waals surface area contributed by atoms with Crippen molar-refractivity contribution >= 4 is 44.4 Å². The lowest BCUT2D eigenvalue weighted by atomic mass is 10.6. The Morgan fingerprint density at radius 3 is 2.14 bits per heavy atom. The number of amides is 2. The summed E-state index contributed by atoms with van der Waals surface area (Å²) >= 11 is 7.63. The molecule has 1 atom stereocenters. The number of thiol groups is 1. The maximum Gasteiger partial charge on any atom is 0.264 e. The highest BCUT2D eigenvalue weighted by Gasteiger charge is 2.16. The van der Waals surface area contributed by atoms with Gasteiger partial charge >= 0.3 is 0 Å². The van der Waals surface area contributed by atoms with Gasteiger partial charge in [0.05, 0.1) is 4.91 Å². The molecule has 2 amide bonds. The van der Waals surface area contributed by atoms with Crippen molar-refractivity contribution in [1.29, 1.82) is 0 Å². The summed E-state index contributed by atoms with van der Waals surface area (Å²) in [6, 6.07) is 0. The average Bonchev–Trinajstić information content (AvgIpc) is 2.29. The van der Waals surface area contributed by atoms with Crippen molar-refractivity contribution in [3.8, 4) is 0 Å². The van der Waals surface area contributed by atoms with E-state index in [-0.39, 0.29) is 10.8 Å². The Labute approximate surface area is 91.2 Å². The molecule has 0 radical (unpaired) electrons. The highest BCUT2D eigenvalue weighted by Crippen LogP contribution is 2.04. The number of imide groups is 1. The molecule has 0 aromatic rings. The fourth-order valence-corrected chi connectivity index (χ4v) is 0.575. The van der Waals surface area contributed by atoms with Crippen molar-refractivity contribution in [3.63, 3.8) is 0 Å². The molecule has 1 aliphatic rings. The third-order valence-electron chi connectivity index (χ3n) is 0.948. The molecule has 1 unspecified atom stereocenters. The van der Waals surface area contributed by atoms with Gasteiger partial charge < -0.3 is 4.55 Å². The minimum absolute atomic E-state index is 0.176. The van der Waals surface area contributed by atoms with E-state index in [4.69, 9.17) is 4.55 Å². The molecule has 0 aromatic carbocycles. The third-order valence-corrected chi connectivity index (χ3v) is 2.11. The van der Waals surface area contributed by atoms with Crippen LogP contribution < -0.4 is 5.32 Å². The highest BCUT2D eigenvalue weighted by molar-refractivity contribution is 8.31. The Hall–Kier alpha value is -0.700. The molecule has 0 fully saturated rings. The lowest BCUT2D eigenvalue weighted by Gasteiger charge is -1.83. The SMILES string of the molecule is C=CS(=O)(O)=S.O=C1C=C(S)C(=O)N1. The largest absolute Gasteiger partial charge is 0.302 e. The van der Waals surface area contributed by atoms with Gasteiger partial charge in [-0.25, -0.2) is 4.21 Å². The van der Waals surface area contributed by atoms with E-state index in [0.29, 0.717) is 0 Å². The normalized spacial score (nSPS) is 18.6. The molecule has 0 aromatic heterocycles. The maximum absolute atomic E-state index is 10.3. The lowest BCUT2D eigenvalue weighted by Crippen LogP contribution is -2.21. The van der Waals surface area contributed by atoms with E-state index in [9.17, 15) is 13.8 Å². The first-order valence-corrected chi connectivity index (χ1v) is 6.07. The minimum atomic E-state index is -3.06. The zero-order valence-electron chi connectivity index (χ0n) is 6.80. The number of hydrogen-bond acceptors (Lipinski definition) is 5. The number of hydrogen-bond donors (Lipinski definition) is 3. The Morgan fingerprint density at radius 1 is 1.64 bits per heavy atom. The monoisotopic (exact) mass is 253 g/mol. The van der Waals surface area contributed by atoms with Crippen LogP contribution in [0.3, 0.4) is 0 Å². The molecular formula is C6H7NO4S3. The Morgan fingerprint density at radius 2 is 2.07 bits per heavy atom. The van der Waals surface area contributed by atoms with Gasteiger partial charge in [0, 0.05) is 22.7 Å². The second-order valence-corrected chi connectivity index (χ2v) is 5.31. The molecule has 2 N–H and O–H groups in total. The van der Waals surface area contributed by atoms with Crippen LogP contribution in [-0.4, -0.2) is 20.6 Å². The Balaban J connectivity index is 0.000000255. The van der Waals surface area contributed by atoms with Crippen LogP contribution in [0.4, 0.5) is 0 Å². The number of carbonyl (C=O) groups is 2. The van der Waals surface area contributed by atoms with Crippen LogP contribution in [0.25, 0.3) is 0 Å². The van der Waals surface area contributed by atoms with Crippen LogP contribution in [-0.2, 0) is 29.6 Å². The molecule has 1 aliphatic heterocycles. The van der Waals surface area contributed by atoms with Gasteiger partial charge in [0.15, 0.2) is 8.77 Å². The van der Waals surface area contributed by atoms with Crippen molar-refractivity contribution in [3.05, 3.63) is 23.0 Å². The van der Waals surface area contributed by atoms with Gasteiger partial charge in [-0.05, 0) is 0 Å². The van der Waals surface area contributed by atoms with Gasteiger partial charge in [-0.2, -0.15) is 0 Å². The third kappa shape index (κ3) is 5.86. The van der Waals surface area contributed by atoms with E-state index < -0.39 is 14.7 Å². The smallest absolute Gasteiger partial charge is 0.264 e. The molecule has 78 valence electrons. The first-order valence-electron chi connectivity index (χ1n) is 3.12. The van der Waals surface area contributed by atoms with Crippen LogP contribution in [0.2, 0.25) is 0 Å². The molecular weight excluding hydrogens is 246 g/mol.